The predicted molar refractivity (Wildman–Crippen MR) is 67.7 cm³/mol. The first-order chi connectivity index (χ1) is 7.90. The van der Waals surface area contributed by atoms with Crippen LogP contribution in [-0.2, 0) is 11.3 Å². The molecule has 0 saturated carbocycles. The Kier molecular flexibility index (Phi) is 4.52. The summed E-state index contributed by atoms with van der Waals surface area (Å²) >= 11 is 0. The van der Waals surface area contributed by atoms with Crippen molar-refractivity contribution in [1.29, 1.82) is 0 Å². The van der Waals surface area contributed by atoms with E-state index >= 15 is 0 Å². The van der Waals surface area contributed by atoms with Crippen LogP contribution in [0.3, 0.4) is 0 Å². The second kappa shape index (κ2) is 5.68. The molecule has 0 bridgehead atoms. The average molecular weight is 236 g/mol. The van der Waals surface area contributed by atoms with Crippen molar-refractivity contribution in [2.75, 3.05) is 6.61 Å². The van der Waals surface area contributed by atoms with Gasteiger partial charge in [-0.2, -0.15) is 0 Å². The van der Waals surface area contributed by atoms with Crippen LogP contribution >= 0.6 is 0 Å². The Labute approximate surface area is 102 Å². The van der Waals surface area contributed by atoms with Crippen LogP contribution in [0.25, 0.3) is 0 Å². The van der Waals surface area contributed by atoms with Crippen LogP contribution in [0.2, 0.25) is 0 Å². The van der Waals surface area contributed by atoms with E-state index in [-0.39, 0.29) is 18.1 Å². The lowest BCUT2D eigenvalue weighted by Crippen LogP contribution is -2.43. The van der Waals surface area contributed by atoms with Gasteiger partial charge in [-0.05, 0) is 38.5 Å². The molecule has 3 N–H and O–H groups in total. The summed E-state index contributed by atoms with van der Waals surface area (Å²) in [6.45, 7) is 6.33. The summed E-state index contributed by atoms with van der Waals surface area (Å²) in [5.74, 6) is 0.548. The van der Waals surface area contributed by atoms with Gasteiger partial charge in [0.25, 0.3) is 5.91 Å². The molecule has 0 fully saturated rings. The van der Waals surface area contributed by atoms with Crippen molar-refractivity contribution in [3.8, 4) is 5.75 Å². The Balaban J connectivity index is 2.42. The highest BCUT2D eigenvalue weighted by atomic mass is 16.5. The van der Waals surface area contributed by atoms with Crippen molar-refractivity contribution < 1.29 is 9.53 Å². The van der Waals surface area contributed by atoms with Gasteiger partial charge < -0.3 is 15.8 Å². The summed E-state index contributed by atoms with van der Waals surface area (Å²) in [4.78, 5) is 11.5. The van der Waals surface area contributed by atoms with Crippen LogP contribution in [0.4, 0.5) is 0 Å². The molecule has 1 aromatic rings. The summed E-state index contributed by atoms with van der Waals surface area (Å²) < 4.78 is 5.36. The van der Waals surface area contributed by atoms with Crippen molar-refractivity contribution in [2.24, 2.45) is 5.73 Å². The number of nitrogens with one attached hydrogen (secondary N) is 1. The Morgan fingerprint density at radius 2 is 1.88 bits per heavy atom. The molecule has 4 heteroatoms. The molecule has 0 aromatic heterocycles. The molecule has 4 nitrogen and oxygen atoms in total. The van der Waals surface area contributed by atoms with E-state index in [9.17, 15) is 4.79 Å². The highest BCUT2D eigenvalue weighted by Gasteiger charge is 2.13. The minimum absolute atomic E-state index is 0.0270. The quantitative estimate of drug-likeness (QED) is 0.831. The third kappa shape index (κ3) is 5.36. The Bertz CT molecular complexity index is 366. The summed E-state index contributed by atoms with van der Waals surface area (Å²) in [7, 11) is 0. The Morgan fingerprint density at radius 3 is 2.35 bits per heavy atom. The molecule has 1 aromatic carbocycles. The van der Waals surface area contributed by atoms with E-state index in [0.717, 1.165) is 5.56 Å². The van der Waals surface area contributed by atoms with Gasteiger partial charge in [0.15, 0.2) is 6.61 Å². The van der Waals surface area contributed by atoms with Gasteiger partial charge >= 0.3 is 0 Å². The molecule has 0 atom stereocenters. The predicted octanol–water partition coefficient (Wildman–Crippen LogP) is 1.44. The van der Waals surface area contributed by atoms with Crippen LogP contribution in [0, 0.1) is 0 Å². The Hall–Kier alpha value is -1.55. The lowest BCUT2D eigenvalue weighted by molar-refractivity contribution is -0.124. The summed E-state index contributed by atoms with van der Waals surface area (Å²) in [6.07, 6.45) is 0. The average Bonchev–Trinajstić information content (AvgIpc) is 2.25. The standard InChI is InChI=1S/C13H20N2O2/c1-13(2,3)15-12(16)9-17-11-6-4-10(8-14)5-7-11/h4-7H,8-9,14H2,1-3H3,(H,15,16). The lowest BCUT2D eigenvalue weighted by Gasteiger charge is -2.20. The van der Waals surface area contributed by atoms with Gasteiger partial charge in [0, 0.05) is 12.1 Å². The maximum absolute atomic E-state index is 11.5. The number of hydrogen-bond acceptors (Lipinski definition) is 3. The summed E-state index contributed by atoms with van der Waals surface area (Å²) in [6, 6.07) is 7.40. The molecule has 0 saturated heterocycles. The molecule has 0 heterocycles. The van der Waals surface area contributed by atoms with Crippen LogP contribution < -0.4 is 15.8 Å². The second-order valence-electron chi connectivity index (χ2n) is 4.93. The largest absolute Gasteiger partial charge is 0.484 e. The smallest absolute Gasteiger partial charge is 0.258 e. The van der Waals surface area contributed by atoms with E-state index in [0.29, 0.717) is 12.3 Å². The van der Waals surface area contributed by atoms with Gasteiger partial charge in [0.2, 0.25) is 0 Å². The molecule has 0 aliphatic heterocycles. The van der Waals surface area contributed by atoms with Gasteiger partial charge in [-0.3, -0.25) is 4.79 Å². The molecular formula is C13H20N2O2. The first kappa shape index (κ1) is 13.5. The zero-order valence-corrected chi connectivity index (χ0v) is 10.6. The zero-order valence-electron chi connectivity index (χ0n) is 10.6. The van der Waals surface area contributed by atoms with Crippen molar-refractivity contribution in [3.05, 3.63) is 29.8 Å². The number of carbonyl (C=O) groups is 1. The van der Waals surface area contributed by atoms with Gasteiger partial charge in [0.05, 0.1) is 0 Å². The maximum Gasteiger partial charge on any atom is 0.258 e. The highest BCUT2D eigenvalue weighted by molar-refractivity contribution is 5.78. The number of benzene rings is 1. The van der Waals surface area contributed by atoms with Crippen molar-refractivity contribution >= 4 is 5.91 Å². The molecule has 0 radical (unpaired) electrons. The van der Waals surface area contributed by atoms with Crippen molar-refractivity contribution in [1.82, 2.24) is 5.32 Å². The molecule has 1 rings (SSSR count). The van der Waals surface area contributed by atoms with Crippen LogP contribution in [0.1, 0.15) is 26.3 Å². The van der Waals surface area contributed by atoms with Gasteiger partial charge in [-0.1, -0.05) is 12.1 Å². The zero-order chi connectivity index (χ0) is 12.9. The van der Waals surface area contributed by atoms with Gasteiger partial charge in [-0.25, -0.2) is 0 Å². The number of ether oxygens (including phenoxy) is 1. The molecule has 0 unspecified atom stereocenters. The van der Waals surface area contributed by atoms with E-state index in [2.05, 4.69) is 5.32 Å². The van der Waals surface area contributed by atoms with Crippen LogP contribution in [0.5, 0.6) is 5.75 Å². The molecule has 1 amide bonds. The third-order valence-corrected chi connectivity index (χ3v) is 2.04. The molecule has 0 spiro atoms. The van der Waals surface area contributed by atoms with E-state index in [1.54, 1.807) is 0 Å². The molecule has 17 heavy (non-hydrogen) atoms. The van der Waals surface area contributed by atoms with E-state index in [1.807, 2.05) is 45.0 Å². The molecule has 94 valence electrons. The SMILES string of the molecule is CC(C)(C)NC(=O)COc1ccc(CN)cc1. The monoisotopic (exact) mass is 236 g/mol. The minimum atomic E-state index is -0.232. The lowest BCUT2D eigenvalue weighted by atomic mass is 10.1. The van der Waals surface area contributed by atoms with Gasteiger partial charge in [-0.15, -0.1) is 0 Å². The van der Waals surface area contributed by atoms with Crippen LogP contribution in [0.15, 0.2) is 24.3 Å². The fourth-order valence-corrected chi connectivity index (χ4v) is 1.32. The van der Waals surface area contributed by atoms with E-state index in [1.165, 1.54) is 0 Å². The highest BCUT2D eigenvalue weighted by Crippen LogP contribution is 2.11. The minimum Gasteiger partial charge on any atom is -0.484 e. The normalized spacial score (nSPS) is 11.1. The third-order valence-electron chi connectivity index (χ3n) is 2.04. The number of amides is 1. The number of rotatable bonds is 4. The first-order valence-corrected chi connectivity index (χ1v) is 5.63. The number of hydrogen-bond donors (Lipinski definition) is 2. The molecule has 0 aliphatic carbocycles. The first-order valence-electron chi connectivity index (χ1n) is 5.63. The number of nitrogens with two attached hydrogens (primary N) is 1. The van der Waals surface area contributed by atoms with E-state index in [4.69, 9.17) is 10.5 Å². The Morgan fingerprint density at radius 1 is 1.29 bits per heavy atom. The second-order valence-corrected chi connectivity index (χ2v) is 4.93. The summed E-state index contributed by atoms with van der Waals surface area (Å²) in [5.41, 5.74) is 6.29. The maximum atomic E-state index is 11.5. The molecular weight excluding hydrogens is 216 g/mol. The molecule has 0 aliphatic rings. The van der Waals surface area contributed by atoms with Crippen molar-refractivity contribution in [3.63, 3.8) is 0 Å². The van der Waals surface area contributed by atoms with E-state index < -0.39 is 0 Å². The topological polar surface area (TPSA) is 64.3 Å². The van der Waals surface area contributed by atoms with Crippen LogP contribution in [-0.4, -0.2) is 18.1 Å². The van der Waals surface area contributed by atoms with Crippen molar-refractivity contribution in [2.45, 2.75) is 32.9 Å². The van der Waals surface area contributed by atoms with Gasteiger partial charge in [0.1, 0.15) is 5.75 Å². The summed E-state index contributed by atoms with van der Waals surface area (Å²) in [5, 5.41) is 2.83. The number of carbonyl (C=O) groups excluding carboxylic acids is 1. The fourth-order valence-electron chi connectivity index (χ4n) is 1.32. The fraction of sp³-hybridized carbons (Fsp3) is 0.462.